The Morgan fingerprint density at radius 3 is 2.54 bits per heavy atom. The Labute approximate surface area is 150 Å². The van der Waals surface area contributed by atoms with E-state index in [9.17, 15) is 22.0 Å². The van der Waals surface area contributed by atoms with E-state index in [4.69, 9.17) is 0 Å². The van der Waals surface area contributed by atoms with E-state index in [0.717, 1.165) is 12.1 Å². The zero-order valence-corrected chi connectivity index (χ0v) is 15.4. The molecule has 0 saturated carbocycles. The fourth-order valence-electron chi connectivity index (χ4n) is 3.18. The van der Waals surface area contributed by atoms with E-state index in [-0.39, 0.29) is 28.9 Å². The molecule has 26 heavy (non-hydrogen) atoms. The third kappa shape index (κ3) is 3.01. The molecule has 140 valence electrons. The minimum absolute atomic E-state index is 0.0892. The van der Waals surface area contributed by atoms with Crippen LogP contribution >= 0.6 is 0 Å². The highest BCUT2D eigenvalue weighted by molar-refractivity contribution is 7.89. The first kappa shape index (κ1) is 18.5. The van der Waals surface area contributed by atoms with E-state index in [0.29, 0.717) is 12.0 Å². The summed E-state index contributed by atoms with van der Waals surface area (Å²) in [5.41, 5.74) is 0.715. The van der Waals surface area contributed by atoms with Crippen LogP contribution in [0.3, 0.4) is 0 Å². The fourth-order valence-corrected chi connectivity index (χ4v) is 5.12. The van der Waals surface area contributed by atoms with Gasteiger partial charge in [0.25, 0.3) is 5.91 Å². The van der Waals surface area contributed by atoms with E-state index >= 15 is 0 Å². The number of nitrogens with zero attached hydrogens (tertiary/aromatic N) is 2. The van der Waals surface area contributed by atoms with E-state index in [1.54, 1.807) is 20.9 Å². The van der Waals surface area contributed by atoms with Crippen LogP contribution < -0.4 is 5.32 Å². The van der Waals surface area contributed by atoms with Crippen molar-refractivity contribution in [2.24, 2.45) is 7.05 Å². The second-order valence-electron chi connectivity index (χ2n) is 6.47. The van der Waals surface area contributed by atoms with Crippen LogP contribution in [-0.2, 0) is 23.5 Å². The van der Waals surface area contributed by atoms with Crippen LogP contribution in [0.25, 0.3) is 0 Å². The molecule has 1 amide bonds. The maximum Gasteiger partial charge on any atom is 0.272 e. The van der Waals surface area contributed by atoms with Gasteiger partial charge in [-0.15, -0.1) is 0 Å². The number of halogens is 2. The molecule has 1 aromatic carbocycles. The van der Waals surface area contributed by atoms with Crippen molar-refractivity contribution >= 4 is 21.6 Å². The number of carbonyl (C=O) groups excluding carboxylic acids is 1. The quantitative estimate of drug-likeness (QED) is 0.885. The van der Waals surface area contributed by atoms with Gasteiger partial charge >= 0.3 is 0 Å². The third-order valence-electron chi connectivity index (χ3n) is 4.38. The average Bonchev–Trinajstić information content (AvgIpc) is 2.88. The lowest BCUT2D eigenvalue weighted by Crippen LogP contribution is -2.41. The Bertz CT molecular complexity index is 983. The van der Waals surface area contributed by atoms with Gasteiger partial charge in [0.15, 0.2) is 11.6 Å². The van der Waals surface area contributed by atoms with Crippen LogP contribution in [0.2, 0.25) is 0 Å². The first-order valence-corrected chi connectivity index (χ1v) is 9.53. The number of aromatic nitrogens is 1. The summed E-state index contributed by atoms with van der Waals surface area (Å²) in [6.45, 7) is 3.87. The fraction of sp³-hybridized carbons (Fsp3) is 0.353. The van der Waals surface area contributed by atoms with Crippen LogP contribution in [0.5, 0.6) is 0 Å². The number of hydrogen-bond donors (Lipinski definition) is 1. The first-order valence-electron chi connectivity index (χ1n) is 8.09. The van der Waals surface area contributed by atoms with Gasteiger partial charge in [-0.2, -0.15) is 4.31 Å². The Morgan fingerprint density at radius 1 is 1.23 bits per heavy atom. The number of rotatable bonds is 3. The number of amides is 1. The molecule has 1 aliphatic rings. The van der Waals surface area contributed by atoms with Gasteiger partial charge in [0.05, 0.1) is 0 Å². The molecular formula is C17H19F2N3O3S. The standard InChI is InChI=1S/C17H19F2N3O3S/c1-10(2)22-7-6-12-15(26(22,24)25)9-21(3)16(12)17(23)20-11-4-5-13(18)14(19)8-11/h4-5,8-10H,6-7H2,1-3H3,(H,20,23). The van der Waals surface area contributed by atoms with Crippen LogP contribution in [0.1, 0.15) is 29.9 Å². The lowest BCUT2D eigenvalue weighted by Gasteiger charge is -2.29. The van der Waals surface area contributed by atoms with Gasteiger partial charge < -0.3 is 9.88 Å². The van der Waals surface area contributed by atoms with Crippen molar-refractivity contribution in [2.45, 2.75) is 31.2 Å². The number of anilines is 1. The number of benzene rings is 1. The van der Waals surface area contributed by atoms with Crippen LogP contribution in [0, 0.1) is 11.6 Å². The summed E-state index contributed by atoms with van der Waals surface area (Å²) in [7, 11) is -2.10. The molecule has 0 aliphatic carbocycles. The SMILES string of the molecule is CC(C)N1CCc2c(cn(C)c2C(=O)Nc2ccc(F)c(F)c2)S1(=O)=O. The van der Waals surface area contributed by atoms with Crippen molar-refractivity contribution in [2.75, 3.05) is 11.9 Å². The molecule has 0 saturated heterocycles. The van der Waals surface area contributed by atoms with E-state index < -0.39 is 27.6 Å². The Hall–Kier alpha value is -2.26. The van der Waals surface area contributed by atoms with Crippen LogP contribution in [0.4, 0.5) is 14.5 Å². The summed E-state index contributed by atoms with van der Waals surface area (Å²) in [5, 5.41) is 2.49. The van der Waals surface area contributed by atoms with Gasteiger partial charge in [-0.05, 0) is 32.4 Å². The van der Waals surface area contributed by atoms with Crippen molar-refractivity contribution in [1.29, 1.82) is 0 Å². The van der Waals surface area contributed by atoms with E-state index in [2.05, 4.69) is 5.32 Å². The molecule has 6 nitrogen and oxygen atoms in total. The third-order valence-corrected chi connectivity index (χ3v) is 6.51. The molecule has 0 spiro atoms. The predicted octanol–water partition coefficient (Wildman–Crippen LogP) is 2.51. The second-order valence-corrected chi connectivity index (χ2v) is 8.33. The topological polar surface area (TPSA) is 71.4 Å². The van der Waals surface area contributed by atoms with Crippen molar-refractivity contribution in [3.05, 3.63) is 47.3 Å². The molecule has 2 aromatic rings. The molecule has 0 unspecified atom stereocenters. The lowest BCUT2D eigenvalue weighted by atomic mass is 10.1. The second kappa shape index (κ2) is 6.48. The highest BCUT2D eigenvalue weighted by Crippen LogP contribution is 2.31. The average molecular weight is 383 g/mol. The number of nitrogens with one attached hydrogen (secondary N) is 1. The zero-order valence-electron chi connectivity index (χ0n) is 14.6. The minimum atomic E-state index is -3.68. The van der Waals surface area contributed by atoms with Crippen molar-refractivity contribution < 1.29 is 22.0 Å². The summed E-state index contributed by atoms with van der Waals surface area (Å²) in [6, 6.07) is 2.84. The number of fused-ring (bicyclic) bond motifs is 1. The molecule has 0 fully saturated rings. The van der Waals surface area contributed by atoms with Gasteiger partial charge in [0, 0.05) is 43.1 Å². The van der Waals surface area contributed by atoms with Crippen molar-refractivity contribution in [1.82, 2.24) is 8.87 Å². The van der Waals surface area contributed by atoms with Gasteiger partial charge in [0.2, 0.25) is 10.0 Å². The van der Waals surface area contributed by atoms with E-state index in [1.807, 2.05) is 0 Å². The molecule has 0 radical (unpaired) electrons. The van der Waals surface area contributed by atoms with Crippen molar-refractivity contribution in [3.8, 4) is 0 Å². The summed E-state index contributed by atoms with van der Waals surface area (Å²) < 4.78 is 54.7. The van der Waals surface area contributed by atoms with Crippen LogP contribution in [-0.4, -0.2) is 35.8 Å². The summed E-state index contributed by atoms with van der Waals surface area (Å²) in [4.78, 5) is 12.7. The van der Waals surface area contributed by atoms with Gasteiger partial charge in [-0.3, -0.25) is 4.79 Å². The molecule has 1 aromatic heterocycles. The number of sulfonamides is 1. The molecule has 0 bridgehead atoms. The molecule has 3 rings (SSSR count). The highest BCUT2D eigenvalue weighted by Gasteiger charge is 2.37. The summed E-state index contributed by atoms with van der Waals surface area (Å²) in [6.07, 6.45) is 1.81. The Balaban J connectivity index is 1.98. The predicted molar refractivity (Wildman–Crippen MR) is 92.5 cm³/mol. The maximum absolute atomic E-state index is 13.3. The summed E-state index contributed by atoms with van der Waals surface area (Å²) in [5.74, 6) is -2.67. The highest BCUT2D eigenvalue weighted by atomic mass is 32.2. The first-order chi connectivity index (χ1) is 12.1. The normalized spacial score (nSPS) is 16.5. The summed E-state index contributed by atoms with van der Waals surface area (Å²) >= 11 is 0. The molecule has 1 N–H and O–H groups in total. The van der Waals surface area contributed by atoms with Crippen LogP contribution in [0.15, 0.2) is 29.3 Å². The smallest absolute Gasteiger partial charge is 0.272 e. The number of hydrogen-bond acceptors (Lipinski definition) is 3. The molecule has 9 heteroatoms. The molecule has 1 aliphatic heterocycles. The zero-order chi connectivity index (χ0) is 19.2. The van der Waals surface area contributed by atoms with Gasteiger partial charge in [-0.1, -0.05) is 0 Å². The Morgan fingerprint density at radius 2 is 1.92 bits per heavy atom. The molecule has 2 heterocycles. The number of carbonyl (C=O) groups is 1. The van der Waals surface area contributed by atoms with Gasteiger partial charge in [0.1, 0.15) is 10.6 Å². The maximum atomic E-state index is 13.3. The number of aryl methyl sites for hydroxylation is 1. The largest absolute Gasteiger partial charge is 0.345 e. The molecular weight excluding hydrogens is 364 g/mol. The monoisotopic (exact) mass is 383 g/mol. The minimum Gasteiger partial charge on any atom is -0.345 e. The molecule has 0 atom stereocenters. The van der Waals surface area contributed by atoms with E-state index in [1.165, 1.54) is 21.1 Å². The van der Waals surface area contributed by atoms with Crippen molar-refractivity contribution in [3.63, 3.8) is 0 Å². The Kier molecular flexibility index (Phi) is 4.61. The van der Waals surface area contributed by atoms with Gasteiger partial charge in [-0.25, -0.2) is 17.2 Å². The lowest BCUT2D eigenvalue weighted by molar-refractivity contribution is 0.101.